The number of rotatable bonds is 8. The number of carbonyl (C=O) groups excluding carboxylic acids is 3. The van der Waals surface area contributed by atoms with E-state index in [0.717, 1.165) is 17.5 Å². The molecule has 0 aliphatic carbocycles. The van der Waals surface area contributed by atoms with Gasteiger partial charge in [-0.3, -0.25) is 14.4 Å². The summed E-state index contributed by atoms with van der Waals surface area (Å²) in [6.07, 6.45) is 0.952. The second-order valence-electron chi connectivity index (χ2n) is 4.89. The van der Waals surface area contributed by atoms with Crippen molar-refractivity contribution < 1.29 is 19.1 Å². The summed E-state index contributed by atoms with van der Waals surface area (Å²) in [5, 5.41) is 5.02. The van der Waals surface area contributed by atoms with Gasteiger partial charge in [0.25, 0.3) is 5.91 Å². The summed E-state index contributed by atoms with van der Waals surface area (Å²) in [6, 6.07) is 7.48. The third kappa shape index (κ3) is 6.88. The van der Waals surface area contributed by atoms with Crippen LogP contribution >= 0.6 is 0 Å². The Labute approximate surface area is 130 Å². The van der Waals surface area contributed by atoms with Gasteiger partial charge in [0.1, 0.15) is 0 Å². The molecule has 1 aromatic rings. The summed E-state index contributed by atoms with van der Waals surface area (Å²) >= 11 is 0. The van der Waals surface area contributed by atoms with E-state index in [2.05, 4.69) is 10.6 Å². The first-order chi connectivity index (χ1) is 10.5. The largest absolute Gasteiger partial charge is 0.455 e. The van der Waals surface area contributed by atoms with Crippen LogP contribution in [0.4, 0.5) is 0 Å². The molecule has 1 rings (SSSR count). The molecular weight excluding hydrogens is 284 g/mol. The highest BCUT2D eigenvalue weighted by Gasteiger charge is 2.10. The summed E-state index contributed by atoms with van der Waals surface area (Å²) in [5.74, 6) is -1.23. The second-order valence-corrected chi connectivity index (χ2v) is 4.89. The van der Waals surface area contributed by atoms with Gasteiger partial charge >= 0.3 is 5.97 Å². The zero-order valence-electron chi connectivity index (χ0n) is 13.0. The van der Waals surface area contributed by atoms with Gasteiger partial charge in [0.15, 0.2) is 6.61 Å². The first-order valence-corrected chi connectivity index (χ1v) is 7.26. The van der Waals surface area contributed by atoms with Crippen molar-refractivity contribution in [2.75, 3.05) is 19.7 Å². The molecule has 2 N–H and O–H groups in total. The number of amides is 2. The fourth-order valence-corrected chi connectivity index (χ4v) is 1.72. The van der Waals surface area contributed by atoms with Crippen molar-refractivity contribution in [3.05, 3.63) is 35.4 Å². The van der Waals surface area contributed by atoms with E-state index in [-0.39, 0.29) is 25.5 Å². The average Bonchev–Trinajstić information content (AvgIpc) is 2.51. The molecule has 0 aliphatic heterocycles. The lowest BCUT2D eigenvalue weighted by Crippen LogP contribution is -2.39. The minimum atomic E-state index is -0.496. The Kier molecular flexibility index (Phi) is 7.67. The maximum atomic E-state index is 11.7. The molecular formula is C16H22N2O4. The van der Waals surface area contributed by atoms with Crippen molar-refractivity contribution in [2.45, 2.75) is 26.7 Å². The van der Waals surface area contributed by atoms with Gasteiger partial charge in [-0.15, -0.1) is 0 Å². The van der Waals surface area contributed by atoms with E-state index in [1.165, 1.54) is 0 Å². The molecule has 0 saturated heterocycles. The molecule has 0 aliphatic rings. The molecule has 120 valence electrons. The van der Waals surface area contributed by atoms with E-state index in [9.17, 15) is 14.4 Å². The molecule has 0 atom stereocenters. The van der Waals surface area contributed by atoms with Crippen LogP contribution in [0.3, 0.4) is 0 Å². The Bertz CT molecular complexity index is 529. The van der Waals surface area contributed by atoms with E-state index >= 15 is 0 Å². The van der Waals surface area contributed by atoms with E-state index < -0.39 is 11.9 Å². The highest BCUT2D eigenvalue weighted by molar-refractivity contribution is 5.86. The maximum Gasteiger partial charge on any atom is 0.310 e. The van der Waals surface area contributed by atoms with Gasteiger partial charge in [0.05, 0.1) is 13.0 Å². The Morgan fingerprint density at radius 3 is 2.50 bits per heavy atom. The van der Waals surface area contributed by atoms with Crippen molar-refractivity contribution in [2.24, 2.45) is 0 Å². The van der Waals surface area contributed by atoms with E-state index in [4.69, 9.17) is 4.74 Å². The molecule has 6 nitrogen and oxygen atoms in total. The molecule has 22 heavy (non-hydrogen) atoms. The monoisotopic (exact) mass is 306 g/mol. The number of aryl methyl sites for hydroxylation is 1. The average molecular weight is 306 g/mol. The van der Waals surface area contributed by atoms with Gasteiger partial charge in [0, 0.05) is 6.54 Å². The lowest BCUT2D eigenvalue weighted by Gasteiger charge is -2.08. The van der Waals surface area contributed by atoms with Gasteiger partial charge < -0.3 is 15.4 Å². The minimum absolute atomic E-state index is 0.117. The third-order valence-electron chi connectivity index (χ3n) is 2.98. The Balaban J connectivity index is 2.25. The summed E-state index contributed by atoms with van der Waals surface area (Å²) < 4.78 is 4.89. The molecule has 0 fully saturated rings. The van der Waals surface area contributed by atoms with Crippen molar-refractivity contribution in [1.29, 1.82) is 0 Å². The zero-order valence-corrected chi connectivity index (χ0v) is 13.0. The predicted octanol–water partition coefficient (Wildman–Crippen LogP) is 0.723. The number of hydrogen-bond acceptors (Lipinski definition) is 4. The second kappa shape index (κ2) is 9.55. The molecule has 0 heterocycles. The zero-order chi connectivity index (χ0) is 16.4. The number of benzene rings is 1. The van der Waals surface area contributed by atoms with E-state index in [0.29, 0.717) is 6.54 Å². The molecule has 0 aromatic heterocycles. The number of nitrogens with one attached hydrogen (secondary N) is 2. The van der Waals surface area contributed by atoms with Crippen LogP contribution in [0, 0.1) is 6.92 Å². The number of carbonyl (C=O) groups is 3. The van der Waals surface area contributed by atoms with Gasteiger partial charge in [0.2, 0.25) is 5.91 Å². The molecule has 0 radical (unpaired) electrons. The smallest absolute Gasteiger partial charge is 0.310 e. The molecule has 6 heteroatoms. The fourth-order valence-electron chi connectivity index (χ4n) is 1.72. The Hall–Kier alpha value is -2.37. The van der Waals surface area contributed by atoms with Crippen LogP contribution in [0.1, 0.15) is 24.5 Å². The van der Waals surface area contributed by atoms with E-state index in [1.807, 2.05) is 38.1 Å². The molecule has 2 amide bonds. The van der Waals surface area contributed by atoms with Crippen molar-refractivity contribution in [1.82, 2.24) is 10.6 Å². The summed E-state index contributed by atoms with van der Waals surface area (Å²) in [7, 11) is 0. The standard InChI is InChI=1S/C16H22N2O4/c1-3-8-17-14(19)10-18-15(20)11-22-16(21)9-13-7-5-4-6-12(13)2/h4-7H,3,8-11H2,1-2H3,(H,17,19)(H,18,20). The SMILES string of the molecule is CCCNC(=O)CNC(=O)COC(=O)Cc1ccccc1C. The van der Waals surface area contributed by atoms with E-state index in [1.54, 1.807) is 0 Å². The van der Waals surface area contributed by atoms with Crippen molar-refractivity contribution in [3.63, 3.8) is 0 Å². The summed E-state index contributed by atoms with van der Waals surface area (Å²) in [4.78, 5) is 34.4. The predicted molar refractivity (Wildman–Crippen MR) is 82.2 cm³/mol. The highest BCUT2D eigenvalue weighted by Crippen LogP contribution is 2.08. The van der Waals surface area contributed by atoms with Gasteiger partial charge in [-0.2, -0.15) is 0 Å². The first kappa shape index (κ1) is 17.7. The Morgan fingerprint density at radius 1 is 1.09 bits per heavy atom. The van der Waals surface area contributed by atoms with Crippen LogP contribution in [0.15, 0.2) is 24.3 Å². The maximum absolute atomic E-state index is 11.7. The normalized spacial score (nSPS) is 9.91. The van der Waals surface area contributed by atoms with Crippen LogP contribution < -0.4 is 10.6 Å². The fraction of sp³-hybridized carbons (Fsp3) is 0.438. The summed E-state index contributed by atoms with van der Waals surface area (Å²) in [6.45, 7) is 3.91. The lowest BCUT2D eigenvalue weighted by molar-refractivity contribution is -0.147. The van der Waals surface area contributed by atoms with Gasteiger partial charge in [-0.25, -0.2) is 0 Å². The van der Waals surface area contributed by atoms with Crippen LogP contribution in [-0.2, 0) is 25.5 Å². The highest BCUT2D eigenvalue weighted by atomic mass is 16.5. The lowest BCUT2D eigenvalue weighted by atomic mass is 10.1. The topological polar surface area (TPSA) is 84.5 Å². The van der Waals surface area contributed by atoms with Crippen LogP contribution in [0.5, 0.6) is 0 Å². The molecule has 0 unspecified atom stereocenters. The molecule has 0 saturated carbocycles. The summed E-state index contributed by atoms with van der Waals surface area (Å²) in [5.41, 5.74) is 1.86. The van der Waals surface area contributed by atoms with Crippen molar-refractivity contribution >= 4 is 17.8 Å². The van der Waals surface area contributed by atoms with Crippen LogP contribution in [0.25, 0.3) is 0 Å². The van der Waals surface area contributed by atoms with Crippen molar-refractivity contribution in [3.8, 4) is 0 Å². The minimum Gasteiger partial charge on any atom is -0.455 e. The van der Waals surface area contributed by atoms with Crippen LogP contribution in [0.2, 0.25) is 0 Å². The molecule has 0 bridgehead atoms. The third-order valence-corrected chi connectivity index (χ3v) is 2.98. The molecule has 1 aromatic carbocycles. The first-order valence-electron chi connectivity index (χ1n) is 7.26. The molecule has 0 spiro atoms. The van der Waals surface area contributed by atoms with Gasteiger partial charge in [-0.1, -0.05) is 31.2 Å². The number of ether oxygens (including phenoxy) is 1. The van der Waals surface area contributed by atoms with Crippen LogP contribution in [-0.4, -0.2) is 37.5 Å². The van der Waals surface area contributed by atoms with Gasteiger partial charge in [-0.05, 0) is 24.5 Å². The Morgan fingerprint density at radius 2 is 1.82 bits per heavy atom. The number of esters is 1. The number of hydrogen-bond donors (Lipinski definition) is 2. The quantitative estimate of drug-likeness (QED) is 0.693.